The number of hydrogen-bond donors (Lipinski definition) is 0. The summed E-state index contributed by atoms with van der Waals surface area (Å²) in [6.45, 7) is 0. The van der Waals surface area contributed by atoms with Crippen LogP contribution in [0, 0.1) is 11.3 Å². The fourth-order valence-corrected chi connectivity index (χ4v) is 14.7. The van der Waals surface area contributed by atoms with E-state index in [-0.39, 0.29) is 0 Å². The van der Waals surface area contributed by atoms with Crippen molar-refractivity contribution in [3.05, 3.63) is 260 Å². The van der Waals surface area contributed by atoms with Crippen LogP contribution in [-0.4, -0.2) is 14.1 Å². The molecule has 6 heteroatoms. The Morgan fingerprint density at radius 2 is 0.628 bits per heavy atom. The van der Waals surface area contributed by atoms with E-state index in [9.17, 15) is 5.26 Å². The molecule has 0 atom stereocenters. The lowest BCUT2D eigenvalue weighted by molar-refractivity contribution is 1.02. The van der Waals surface area contributed by atoms with Gasteiger partial charge in [-0.15, -0.1) is 22.7 Å². The zero-order chi connectivity index (χ0) is 51.4. The van der Waals surface area contributed by atoms with Gasteiger partial charge in [-0.05, 0) is 105 Å². The Morgan fingerprint density at radius 3 is 1.05 bits per heavy atom. The van der Waals surface area contributed by atoms with Crippen LogP contribution in [0.25, 0.3) is 151 Å². The smallest absolute Gasteiger partial charge is 0.140 e. The molecular formula is C72H42N4S2. The number of benzene rings is 11. The van der Waals surface area contributed by atoms with Gasteiger partial charge >= 0.3 is 0 Å². The Bertz CT molecular complexity index is 4930. The SMILES string of the molecule is N#Cc1c(-c2ccccc2)c(-c2ccccc2)c(-c2ccccc2)c(-c2ccccc2)c1-c1cc(-n2c3ccccc3c3cc4c(cc32)sc2ccccc24)nc(-n2c3ccccc3c3cc4c(cc32)sc2ccccc24)c1. The third-order valence-electron chi connectivity index (χ3n) is 15.7. The molecule has 362 valence electrons. The highest BCUT2D eigenvalue weighted by Crippen LogP contribution is 2.54. The number of nitrogens with zero attached hydrogens (tertiary/aromatic N) is 4. The summed E-state index contributed by atoms with van der Waals surface area (Å²) in [5.74, 6) is 1.50. The van der Waals surface area contributed by atoms with Crippen molar-refractivity contribution in [2.24, 2.45) is 0 Å². The predicted octanol–water partition coefficient (Wildman–Crippen LogP) is 20.2. The molecule has 0 aliphatic heterocycles. The molecule has 0 amide bonds. The molecule has 0 bridgehead atoms. The maximum Gasteiger partial charge on any atom is 0.140 e. The van der Waals surface area contributed by atoms with Gasteiger partial charge in [0.1, 0.15) is 17.7 Å². The molecule has 16 aromatic rings. The molecule has 0 N–H and O–H groups in total. The van der Waals surface area contributed by atoms with Gasteiger partial charge in [0.25, 0.3) is 0 Å². The van der Waals surface area contributed by atoms with E-state index in [4.69, 9.17) is 4.98 Å². The molecule has 0 unspecified atom stereocenters. The van der Waals surface area contributed by atoms with Crippen LogP contribution in [0.1, 0.15) is 5.56 Å². The van der Waals surface area contributed by atoms with Gasteiger partial charge in [0.15, 0.2) is 0 Å². The van der Waals surface area contributed by atoms with Gasteiger partial charge in [0, 0.05) is 73.0 Å². The van der Waals surface area contributed by atoms with E-state index < -0.39 is 0 Å². The first-order valence-electron chi connectivity index (χ1n) is 26.2. The zero-order valence-electron chi connectivity index (χ0n) is 41.9. The lowest BCUT2D eigenvalue weighted by atomic mass is 9.76. The number of pyridine rings is 1. The maximum atomic E-state index is 12.2. The average molecular weight is 1030 g/mol. The van der Waals surface area contributed by atoms with E-state index in [0.717, 1.165) is 111 Å². The lowest BCUT2D eigenvalue weighted by Gasteiger charge is -2.26. The second-order valence-corrected chi connectivity index (χ2v) is 22.2. The number of para-hydroxylation sites is 2. The van der Waals surface area contributed by atoms with Gasteiger partial charge in [-0.3, -0.25) is 9.13 Å². The minimum atomic E-state index is 0.588. The minimum absolute atomic E-state index is 0.588. The first-order valence-corrected chi connectivity index (χ1v) is 27.9. The van der Waals surface area contributed by atoms with E-state index in [1.54, 1.807) is 0 Å². The highest BCUT2D eigenvalue weighted by molar-refractivity contribution is 7.26. The van der Waals surface area contributed by atoms with Gasteiger partial charge in [-0.2, -0.15) is 5.26 Å². The molecule has 0 saturated heterocycles. The molecule has 0 aliphatic rings. The quantitative estimate of drug-likeness (QED) is 0.160. The summed E-state index contributed by atoms with van der Waals surface area (Å²) < 4.78 is 9.68. The van der Waals surface area contributed by atoms with Crippen LogP contribution in [0.2, 0.25) is 0 Å². The Morgan fingerprint density at radius 1 is 0.282 bits per heavy atom. The average Bonchev–Trinajstić information content (AvgIpc) is 4.04. The molecule has 0 aliphatic carbocycles. The predicted molar refractivity (Wildman–Crippen MR) is 331 cm³/mol. The van der Waals surface area contributed by atoms with Crippen molar-refractivity contribution in [3.8, 4) is 73.3 Å². The third kappa shape index (κ3) is 6.72. The van der Waals surface area contributed by atoms with Gasteiger partial charge in [0.05, 0.1) is 27.6 Å². The van der Waals surface area contributed by atoms with Crippen molar-refractivity contribution in [1.29, 1.82) is 5.26 Å². The highest BCUT2D eigenvalue weighted by Gasteiger charge is 2.30. The lowest BCUT2D eigenvalue weighted by Crippen LogP contribution is -2.06. The van der Waals surface area contributed by atoms with Crippen LogP contribution in [-0.2, 0) is 0 Å². The van der Waals surface area contributed by atoms with Crippen LogP contribution in [0.3, 0.4) is 0 Å². The number of nitriles is 1. The summed E-state index contributed by atoms with van der Waals surface area (Å²) >= 11 is 3.65. The van der Waals surface area contributed by atoms with E-state index >= 15 is 0 Å². The van der Waals surface area contributed by atoms with Crippen molar-refractivity contribution in [3.63, 3.8) is 0 Å². The molecule has 5 aromatic heterocycles. The highest BCUT2D eigenvalue weighted by atomic mass is 32.1. The number of hydrogen-bond acceptors (Lipinski definition) is 4. The van der Waals surface area contributed by atoms with E-state index in [0.29, 0.717) is 5.56 Å². The topological polar surface area (TPSA) is 46.5 Å². The summed E-state index contributed by atoms with van der Waals surface area (Å²) in [7, 11) is 0. The van der Waals surface area contributed by atoms with Gasteiger partial charge in [-0.25, -0.2) is 4.98 Å². The molecule has 0 spiro atoms. The van der Waals surface area contributed by atoms with Crippen LogP contribution in [0.15, 0.2) is 255 Å². The van der Waals surface area contributed by atoms with Crippen molar-refractivity contribution >= 4 is 107 Å². The fraction of sp³-hybridized carbons (Fsp3) is 0. The molecule has 0 saturated carbocycles. The van der Waals surface area contributed by atoms with Gasteiger partial charge < -0.3 is 0 Å². The van der Waals surface area contributed by atoms with Crippen LogP contribution in [0.5, 0.6) is 0 Å². The van der Waals surface area contributed by atoms with Crippen LogP contribution in [0.4, 0.5) is 0 Å². The molecule has 78 heavy (non-hydrogen) atoms. The van der Waals surface area contributed by atoms with Crippen molar-refractivity contribution in [1.82, 2.24) is 14.1 Å². The Labute approximate surface area is 456 Å². The van der Waals surface area contributed by atoms with Crippen LogP contribution >= 0.6 is 22.7 Å². The number of fused-ring (bicyclic) bond motifs is 12. The molecule has 11 aromatic carbocycles. The second kappa shape index (κ2) is 17.6. The summed E-state index contributed by atoms with van der Waals surface area (Å²) in [5.41, 5.74) is 14.5. The Hall–Kier alpha value is -9.90. The fourth-order valence-electron chi connectivity index (χ4n) is 12.5. The molecular weight excluding hydrogens is 985 g/mol. The molecule has 5 heterocycles. The number of rotatable bonds is 7. The maximum absolute atomic E-state index is 12.2. The zero-order valence-corrected chi connectivity index (χ0v) is 43.5. The van der Waals surface area contributed by atoms with Crippen molar-refractivity contribution in [2.75, 3.05) is 0 Å². The van der Waals surface area contributed by atoms with Crippen LogP contribution < -0.4 is 0 Å². The molecule has 4 nitrogen and oxygen atoms in total. The second-order valence-electron chi connectivity index (χ2n) is 20.0. The summed E-state index contributed by atoms with van der Waals surface area (Å²) in [6, 6.07) is 94.3. The molecule has 16 rings (SSSR count). The van der Waals surface area contributed by atoms with E-state index in [2.05, 4.69) is 264 Å². The number of thiophene rings is 2. The minimum Gasteiger partial charge on any atom is -0.294 e. The largest absolute Gasteiger partial charge is 0.294 e. The Kier molecular flexibility index (Phi) is 10.0. The first kappa shape index (κ1) is 44.4. The first-order chi connectivity index (χ1) is 38.7. The van der Waals surface area contributed by atoms with Crippen molar-refractivity contribution in [2.45, 2.75) is 0 Å². The summed E-state index contributed by atoms with van der Waals surface area (Å²) in [4.78, 5) is 5.92. The van der Waals surface area contributed by atoms with E-state index in [1.807, 2.05) is 28.7 Å². The summed E-state index contributed by atoms with van der Waals surface area (Å²) in [6.07, 6.45) is 0. The van der Waals surface area contributed by atoms with E-state index in [1.165, 1.54) is 40.3 Å². The molecule has 0 radical (unpaired) electrons. The van der Waals surface area contributed by atoms with Gasteiger partial charge in [0.2, 0.25) is 0 Å². The van der Waals surface area contributed by atoms with Gasteiger partial charge in [-0.1, -0.05) is 194 Å². The molecule has 0 fully saturated rings. The monoisotopic (exact) mass is 1030 g/mol. The Balaban J connectivity index is 1.11. The standard InChI is InChI=1S/C72H42N4S2/c73-43-57-68(44-21-5-1-6-22-44)70(45-23-7-2-8-24-45)72(47-27-11-4-12-28-47)71(46-25-9-3-10-26-46)69(57)48-37-66(75-58-33-17-13-29-49(58)53-39-55-51-31-15-19-35-62(51)77-64(55)41-60(53)75)74-67(38-48)76-59-34-18-14-30-50(59)54-40-56-52-32-16-20-36-63(52)78-65(56)42-61(54)76/h1-42H. The van der Waals surface area contributed by atoms with Crippen molar-refractivity contribution < 1.29 is 0 Å². The summed E-state index contributed by atoms with van der Waals surface area (Å²) in [5, 5.41) is 21.9. The third-order valence-corrected chi connectivity index (χ3v) is 18.0. The number of aromatic nitrogens is 3. The normalized spacial score (nSPS) is 11.8.